The summed E-state index contributed by atoms with van der Waals surface area (Å²) in [6, 6.07) is 0. The van der Waals surface area contributed by atoms with Gasteiger partial charge in [0.25, 0.3) is 0 Å². The molecule has 4 radical (unpaired) electrons. The molecular weight excluding hydrogens is 308 g/mol. The fourth-order valence-corrected chi connectivity index (χ4v) is 0.928. The quantitative estimate of drug-likeness (QED) is 0.256. The van der Waals surface area contributed by atoms with Gasteiger partial charge in [-0.3, -0.25) is 0 Å². The summed E-state index contributed by atoms with van der Waals surface area (Å²) in [4.78, 5) is 0. The predicted octanol–water partition coefficient (Wildman–Crippen LogP) is 0.203. The third-order valence-corrected chi connectivity index (χ3v) is 1.61. The molecule has 0 aromatic carbocycles. The van der Waals surface area contributed by atoms with E-state index in [9.17, 15) is 10.2 Å². The van der Waals surface area contributed by atoms with E-state index in [2.05, 4.69) is 20.0 Å². The summed E-state index contributed by atoms with van der Waals surface area (Å²) in [7, 11) is 0. The summed E-state index contributed by atoms with van der Waals surface area (Å²) in [5.74, 6) is 0. The second kappa shape index (κ2) is 36.3. The average Bonchev–Trinajstić information content (AvgIpc) is 2.46. The summed E-state index contributed by atoms with van der Waals surface area (Å²) >= 11 is 0. The van der Waals surface area contributed by atoms with Crippen LogP contribution in [0.1, 0.15) is 19.8 Å². The van der Waals surface area contributed by atoms with Crippen molar-refractivity contribution in [1.82, 2.24) is 0 Å². The van der Waals surface area contributed by atoms with E-state index in [1.54, 1.807) is 12.8 Å². The topological polar surface area (TPSA) is 120 Å². The van der Waals surface area contributed by atoms with Crippen molar-refractivity contribution in [1.29, 1.82) is 0 Å². The number of aliphatic hydroxyl groups is 3. The van der Waals surface area contributed by atoms with Crippen molar-refractivity contribution in [3.05, 3.63) is 45.6 Å². The van der Waals surface area contributed by atoms with Gasteiger partial charge in [0.2, 0.25) is 0 Å². The normalized spacial score (nSPS) is 10.5. The molecule has 0 aliphatic rings. The molecule has 0 bridgehead atoms. The molecular formula is C13H18FeO6. The van der Waals surface area contributed by atoms with Gasteiger partial charge in [-0.2, -0.15) is 0 Å². The minimum atomic E-state index is -0.641. The first kappa shape index (κ1) is 31.8. The van der Waals surface area contributed by atoms with Gasteiger partial charge in [-0.1, -0.05) is 6.92 Å². The maximum atomic E-state index is 9.31. The molecule has 6 nitrogen and oxygen atoms in total. The smallest absolute Gasteiger partial charge is 0 e. The molecule has 0 heterocycles. The monoisotopic (exact) mass is 326 g/mol. The van der Waals surface area contributed by atoms with Crippen molar-refractivity contribution >= 4 is 0 Å². The van der Waals surface area contributed by atoms with Crippen LogP contribution in [0.3, 0.4) is 0 Å². The van der Waals surface area contributed by atoms with Crippen LogP contribution in [0, 0.1) is 45.6 Å². The Kier molecular flexibility index (Phi) is 57.8. The van der Waals surface area contributed by atoms with Gasteiger partial charge in [0.15, 0.2) is 0 Å². The number of rotatable bonds is 8. The van der Waals surface area contributed by atoms with Gasteiger partial charge >= 0.3 is 33.9 Å². The summed E-state index contributed by atoms with van der Waals surface area (Å²) in [5.41, 5.74) is 0. The molecule has 114 valence electrons. The first-order valence-corrected chi connectivity index (χ1v) is 5.08. The summed E-state index contributed by atoms with van der Waals surface area (Å²) in [6.07, 6.45) is 6.32. The Labute approximate surface area is 131 Å². The van der Waals surface area contributed by atoms with Crippen LogP contribution < -0.4 is 0 Å². The van der Waals surface area contributed by atoms with Gasteiger partial charge in [-0.25, -0.2) is 0 Å². The van der Waals surface area contributed by atoms with Crippen molar-refractivity contribution < 1.29 is 46.3 Å². The Hall–Kier alpha value is -0.381. The van der Waals surface area contributed by atoms with E-state index >= 15 is 0 Å². The van der Waals surface area contributed by atoms with Crippen LogP contribution in [0.4, 0.5) is 0 Å². The molecule has 0 amide bonds. The first-order valence-electron chi connectivity index (χ1n) is 5.08. The van der Waals surface area contributed by atoms with Crippen LogP contribution in [0.5, 0.6) is 0 Å². The molecule has 0 aromatic heterocycles. The van der Waals surface area contributed by atoms with Crippen molar-refractivity contribution in [2.75, 3.05) is 6.61 Å². The van der Waals surface area contributed by atoms with E-state index < -0.39 is 12.2 Å². The van der Waals surface area contributed by atoms with E-state index in [1.807, 2.05) is 19.8 Å². The van der Waals surface area contributed by atoms with Gasteiger partial charge in [0.1, 0.15) is 0 Å². The molecule has 3 N–H and O–H groups in total. The standard InChI is InChI=1S/C10H18O3.3CO.Fe/c1-2-3-4-5-9(12)8-10(13)6-7-11;3*1-2;/h2-5,9-13H,6-8H2,1H3;;;;/t9-,10-;;;;/m0..../s1. The van der Waals surface area contributed by atoms with Gasteiger partial charge in [-0.05, 0) is 38.5 Å². The fourth-order valence-electron chi connectivity index (χ4n) is 0.928. The van der Waals surface area contributed by atoms with Gasteiger partial charge in [0.05, 0.1) is 12.2 Å². The van der Waals surface area contributed by atoms with Gasteiger partial charge in [-0.15, -0.1) is 0 Å². The third-order valence-electron chi connectivity index (χ3n) is 1.61. The van der Waals surface area contributed by atoms with Crippen molar-refractivity contribution in [2.24, 2.45) is 0 Å². The average molecular weight is 326 g/mol. The zero-order chi connectivity index (χ0) is 16.1. The minimum absolute atomic E-state index is 0. The molecule has 0 fully saturated rings. The summed E-state index contributed by atoms with van der Waals surface area (Å²) < 4.78 is 22.5. The predicted molar refractivity (Wildman–Crippen MR) is 63.0 cm³/mol. The second-order valence-corrected chi connectivity index (χ2v) is 2.88. The SMILES string of the molecule is C[CH][CH][CH][CH][C@H](O)C[C@@H](O)CCO.[C-]#[O+].[C-]#[O+].[C-]#[O+].[Fe]. The van der Waals surface area contributed by atoms with Crippen LogP contribution >= 0.6 is 0 Å². The number of hydrogen-bond acceptors (Lipinski definition) is 3. The van der Waals surface area contributed by atoms with Crippen molar-refractivity contribution in [3.8, 4) is 0 Å². The van der Waals surface area contributed by atoms with Crippen LogP contribution in [-0.4, -0.2) is 34.1 Å². The molecule has 20 heavy (non-hydrogen) atoms. The maximum Gasteiger partial charge on any atom is 0 e. The largest absolute Gasteiger partial charge is 0 e. The zero-order valence-electron chi connectivity index (χ0n) is 11.0. The van der Waals surface area contributed by atoms with Crippen LogP contribution in [0.15, 0.2) is 0 Å². The molecule has 0 unspecified atom stereocenters. The molecule has 0 saturated carbocycles. The van der Waals surface area contributed by atoms with E-state index in [0.29, 0.717) is 6.42 Å². The van der Waals surface area contributed by atoms with Crippen LogP contribution in [0.25, 0.3) is 0 Å². The number of hydrogen-bond donors (Lipinski definition) is 3. The molecule has 0 saturated heterocycles. The van der Waals surface area contributed by atoms with E-state index in [1.165, 1.54) is 0 Å². The zero-order valence-corrected chi connectivity index (χ0v) is 12.1. The molecule has 7 heteroatoms. The summed E-state index contributed by atoms with van der Waals surface area (Å²) in [5, 5.41) is 27.0. The van der Waals surface area contributed by atoms with Gasteiger partial charge in [0, 0.05) is 23.7 Å². The Morgan fingerprint density at radius 3 is 1.80 bits per heavy atom. The van der Waals surface area contributed by atoms with E-state index in [-0.39, 0.29) is 30.1 Å². The molecule has 0 aromatic rings. The molecule has 0 rings (SSSR count). The molecule has 0 aliphatic carbocycles. The Morgan fingerprint density at radius 2 is 1.45 bits per heavy atom. The number of unbranched alkanes of at least 4 members (excludes halogenated alkanes) is 2. The third kappa shape index (κ3) is 36.0. The summed E-state index contributed by atoms with van der Waals surface area (Å²) in [6.45, 7) is 15.3. The van der Waals surface area contributed by atoms with Crippen molar-refractivity contribution in [2.45, 2.75) is 32.0 Å². The minimum Gasteiger partial charge on any atom is 0 e. The molecule has 2 atom stereocenters. The molecule has 0 spiro atoms. The molecule has 0 aliphatic heterocycles. The van der Waals surface area contributed by atoms with Gasteiger partial charge < -0.3 is 15.3 Å². The first-order chi connectivity index (χ1) is 9.20. The van der Waals surface area contributed by atoms with Crippen molar-refractivity contribution in [3.63, 3.8) is 0 Å². The van der Waals surface area contributed by atoms with E-state index in [4.69, 9.17) is 19.1 Å². The second-order valence-electron chi connectivity index (χ2n) is 2.88. The van der Waals surface area contributed by atoms with Crippen LogP contribution in [-0.2, 0) is 31.0 Å². The fraction of sp³-hybridized carbons (Fsp3) is 0.462. The Balaban J connectivity index is -0.0000000940. The Bertz CT molecular complexity index is 191. The van der Waals surface area contributed by atoms with Crippen LogP contribution in [0.2, 0.25) is 0 Å². The number of aliphatic hydroxyl groups excluding tert-OH is 3. The van der Waals surface area contributed by atoms with E-state index in [0.717, 1.165) is 0 Å². The maximum absolute atomic E-state index is 9.31. The Morgan fingerprint density at radius 1 is 1.00 bits per heavy atom.